The zero-order valence-corrected chi connectivity index (χ0v) is 21.0. The molecule has 5 aromatic heterocycles. The SMILES string of the molecule is Oc1cc(F)cc(-c2ccnc3[nH]c(-c4n[nH]c5ncc(-c6cncc(OC7CCCCC7)c6)cc45)cc23)c1. The Labute approximate surface area is 222 Å². The van der Waals surface area contributed by atoms with E-state index in [-0.39, 0.29) is 11.9 Å². The van der Waals surface area contributed by atoms with Crippen molar-refractivity contribution in [2.45, 2.75) is 38.2 Å². The van der Waals surface area contributed by atoms with E-state index in [1.807, 2.05) is 24.4 Å². The Morgan fingerprint density at radius 1 is 0.846 bits per heavy atom. The number of nitrogens with one attached hydrogen (secondary N) is 2. The third kappa shape index (κ3) is 4.46. The van der Waals surface area contributed by atoms with Gasteiger partial charge in [-0.25, -0.2) is 14.4 Å². The van der Waals surface area contributed by atoms with Crippen molar-refractivity contribution < 1.29 is 14.2 Å². The van der Waals surface area contributed by atoms with Gasteiger partial charge in [0.25, 0.3) is 0 Å². The Balaban J connectivity index is 1.26. The molecule has 0 radical (unpaired) electrons. The highest BCUT2D eigenvalue weighted by molar-refractivity contribution is 5.99. The van der Waals surface area contributed by atoms with Crippen LogP contribution < -0.4 is 4.74 Å². The first kappa shape index (κ1) is 23.3. The normalized spacial score (nSPS) is 14.3. The summed E-state index contributed by atoms with van der Waals surface area (Å²) in [6.07, 6.45) is 13.1. The van der Waals surface area contributed by atoms with Crippen LogP contribution in [0.2, 0.25) is 0 Å². The summed E-state index contributed by atoms with van der Waals surface area (Å²) < 4.78 is 20.2. The number of benzene rings is 1. The number of hydrogen-bond donors (Lipinski definition) is 3. The second-order valence-corrected chi connectivity index (χ2v) is 9.98. The first-order chi connectivity index (χ1) is 19.1. The number of hydrogen-bond acceptors (Lipinski definition) is 6. The minimum absolute atomic E-state index is 0.134. The number of aromatic nitrogens is 6. The summed E-state index contributed by atoms with van der Waals surface area (Å²) >= 11 is 0. The van der Waals surface area contributed by atoms with Crippen LogP contribution in [0.5, 0.6) is 11.5 Å². The summed E-state index contributed by atoms with van der Waals surface area (Å²) in [6.45, 7) is 0. The first-order valence-corrected chi connectivity index (χ1v) is 13.0. The lowest BCUT2D eigenvalue weighted by Crippen LogP contribution is -2.19. The molecule has 3 N–H and O–H groups in total. The van der Waals surface area contributed by atoms with Crippen molar-refractivity contribution in [1.82, 2.24) is 30.1 Å². The molecule has 39 heavy (non-hydrogen) atoms. The molecule has 9 heteroatoms. The number of aromatic hydroxyl groups is 1. The zero-order chi connectivity index (χ0) is 26.3. The molecule has 0 unspecified atom stereocenters. The summed E-state index contributed by atoms with van der Waals surface area (Å²) in [5, 5.41) is 19.1. The molecule has 0 aliphatic heterocycles. The highest BCUT2D eigenvalue weighted by Gasteiger charge is 2.18. The van der Waals surface area contributed by atoms with Gasteiger partial charge >= 0.3 is 0 Å². The molecular weight excluding hydrogens is 495 g/mol. The van der Waals surface area contributed by atoms with Crippen LogP contribution in [0, 0.1) is 5.82 Å². The second-order valence-electron chi connectivity index (χ2n) is 9.98. The van der Waals surface area contributed by atoms with E-state index in [1.165, 1.54) is 31.4 Å². The van der Waals surface area contributed by atoms with Gasteiger partial charge in [-0.05, 0) is 73.2 Å². The number of phenols is 1. The molecule has 8 nitrogen and oxygen atoms in total. The van der Waals surface area contributed by atoms with Crippen LogP contribution in [-0.4, -0.2) is 41.3 Å². The maximum Gasteiger partial charge on any atom is 0.155 e. The fraction of sp³-hybridized carbons (Fsp3) is 0.200. The molecular formula is C30H25FN6O2. The topological polar surface area (TPSA) is 113 Å². The minimum Gasteiger partial charge on any atom is -0.508 e. The average Bonchev–Trinajstić information content (AvgIpc) is 3.57. The number of H-pyrrole nitrogens is 2. The second kappa shape index (κ2) is 9.50. The molecule has 0 amide bonds. The van der Waals surface area contributed by atoms with Crippen molar-refractivity contribution in [3.63, 3.8) is 0 Å². The van der Waals surface area contributed by atoms with Crippen LogP contribution in [0.3, 0.4) is 0 Å². The third-order valence-corrected chi connectivity index (χ3v) is 7.30. The van der Waals surface area contributed by atoms with Gasteiger partial charge in [0.2, 0.25) is 0 Å². The molecule has 1 aromatic carbocycles. The number of aromatic amines is 2. The Bertz CT molecular complexity index is 1800. The predicted molar refractivity (Wildman–Crippen MR) is 147 cm³/mol. The Kier molecular flexibility index (Phi) is 5.69. The minimum atomic E-state index is -0.509. The van der Waals surface area contributed by atoms with Crippen LogP contribution in [0.1, 0.15) is 32.1 Å². The van der Waals surface area contributed by atoms with E-state index in [1.54, 1.807) is 24.7 Å². The Morgan fingerprint density at radius 3 is 2.59 bits per heavy atom. The lowest BCUT2D eigenvalue weighted by atomic mass is 9.98. The van der Waals surface area contributed by atoms with Crippen molar-refractivity contribution in [1.29, 1.82) is 0 Å². The number of pyridine rings is 3. The quantitative estimate of drug-likeness (QED) is 0.231. The third-order valence-electron chi connectivity index (χ3n) is 7.30. The number of phenolic OH excluding ortho intramolecular Hbond substituents is 1. The van der Waals surface area contributed by atoms with Gasteiger partial charge in [0.1, 0.15) is 28.7 Å². The van der Waals surface area contributed by atoms with E-state index >= 15 is 0 Å². The summed E-state index contributed by atoms with van der Waals surface area (Å²) in [6, 6.07) is 11.8. The smallest absolute Gasteiger partial charge is 0.155 e. The summed E-state index contributed by atoms with van der Waals surface area (Å²) in [5.74, 6) is 0.125. The summed E-state index contributed by atoms with van der Waals surface area (Å²) in [5.41, 5.74) is 5.83. The van der Waals surface area contributed by atoms with Gasteiger partial charge in [-0.2, -0.15) is 5.10 Å². The average molecular weight is 521 g/mol. The van der Waals surface area contributed by atoms with E-state index in [4.69, 9.17) is 4.74 Å². The van der Waals surface area contributed by atoms with Gasteiger partial charge in [-0.1, -0.05) is 6.42 Å². The highest BCUT2D eigenvalue weighted by atomic mass is 19.1. The summed E-state index contributed by atoms with van der Waals surface area (Å²) in [7, 11) is 0. The zero-order valence-electron chi connectivity index (χ0n) is 21.0. The molecule has 1 saturated carbocycles. The van der Waals surface area contributed by atoms with E-state index in [9.17, 15) is 9.50 Å². The number of halogens is 1. The van der Waals surface area contributed by atoms with E-state index in [0.717, 1.165) is 57.8 Å². The molecule has 0 atom stereocenters. The van der Waals surface area contributed by atoms with Crippen LogP contribution >= 0.6 is 0 Å². The number of rotatable bonds is 5. The lowest BCUT2D eigenvalue weighted by Gasteiger charge is -2.23. The van der Waals surface area contributed by atoms with Gasteiger partial charge < -0.3 is 14.8 Å². The lowest BCUT2D eigenvalue weighted by molar-refractivity contribution is 0.154. The van der Waals surface area contributed by atoms with Crippen LogP contribution in [0.15, 0.2) is 67.3 Å². The monoisotopic (exact) mass is 520 g/mol. The number of ether oxygens (including phenoxy) is 1. The molecule has 1 fully saturated rings. The van der Waals surface area contributed by atoms with Gasteiger partial charge in [-0.15, -0.1) is 0 Å². The maximum atomic E-state index is 14.0. The number of nitrogens with zero attached hydrogens (tertiary/aromatic N) is 4. The molecule has 0 saturated heterocycles. The highest BCUT2D eigenvalue weighted by Crippen LogP contribution is 2.35. The van der Waals surface area contributed by atoms with Crippen molar-refractivity contribution in [2.75, 3.05) is 0 Å². The van der Waals surface area contributed by atoms with E-state index in [0.29, 0.717) is 22.6 Å². The van der Waals surface area contributed by atoms with Crippen molar-refractivity contribution in [2.24, 2.45) is 0 Å². The fourth-order valence-corrected chi connectivity index (χ4v) is 5.42. The van der Waals surface area contributed by atoms with Crippen LogP contribution in [0.25, 0.3) is 55.7 Å². The molecule has 194 valence electrons. The van der Waals surface area contributed by atoms with Crippen molar-refractivity contribution in [3.05, 3.63) is 73.1 Å². The maximum absolute atomic E-state index is 14.0. The van der Waals surface area contributed by atoms with E-state index in [2.05, 4.69) is 30.1 Å². The Morgan fingerprint density at radius 2 is 1.72 bits per heavy atom. The van der Waals surface area contributed by atoms with Gasteiger partial charge in [0.05, 0.1) is 18.0 Å². The van der Waals surface area contributed by atoms with Gasteiger partial charge in [0, 0.05) is 46.6 Å². The Hall–Kier alpha value is -4.79. The van der Waals surface area contributed by atoms with Crippen molar-refractivity contribution >= 4 is 22.1 Å². The molecule has 6 aromatic rings. The molecule has 0 spiro atoms. The van der Waals surface area contributed by atoms with E-state index < -0.39 is 5.82 Å². The van der Waals surface area contributed by atoms with Gasteiger partial charge in [-0.3, -0.25) is 10.1 Å². The molecule has 1 aliphatic carbocycles. The summed E-state index contributed by atoms with van der Waals surface area (Å²) in [4.78, 5) is 16.8. The standard InChI is InChI=1S/C30H25FN6O2/c31-20-8-17(9-21(38)12-20)24-6-7-33-29-25(24)13-27(35-29)28-26-11-19(15-34-30(26)37-36-28)18-10-23(16-32-14-18)39-22-4-2-1-3-5-22/h6-16,22,38H,1-5H2,(H,33,35)(H,34,36,37). The predicted octanol–water partition coefficient (Wildman–Crippen LogP) is 6.79. The first-order valence-electron chi connectivity index (χ1n) is 13.0. The number of fused-ring (bicyclic) bond motifs is 2. The molecule has 0 bridgehead atoms. The van der Waals surface area contributed by atoms with Crippen LogP contribution in [0.4, 0.5) is 4.39 Å². The van der Waals surface area contributed by atoms with Crippen LogP contribution in [-0.2, 0) is 0 Å². The largest absolute Gasteiger partial charge is 0.508 e. The van der Waals surface area contributed by atoms with Gasteiger partial charge in [0.15, 0.2) is 5.65 Å². The van der Waals surface area contributed by atoms with Crippen molar-refractivity contribution in [3.8, 4) is 45.1 Å². The molecule has 1 aliphatic rings. The molecule has 7 rings (SSSR count). The fourth-order valence-electron chi connectivity index (χ4n) is 5.42. The molecule has 5 heterocycles.